The molecule has 5 nitrogen and oxygen atoms in total. The van der Waals surface area contributed by atoms with E-state index in [4.69, 9.17) is 9.47 Å². The first-order valence-electron chi connectivity index (χ1n) is 12.4. The predicted octanol–water partition coefficient (Wildman–Crippen LogP) is 8.48. The number of nitrogens with one attached hydrogen (secondary N) is 1. The predicted molar refractivity (Wildman–Crippen MR) is 158 cm³/mol. The molecule has 8 heteroatoms. The van der Waals surface area contributed by atoms with E-state index in [9.17, 15) is 9.59 Å². The number of rotatable bonds is 7. The maximum absolute atomic E-state index is 13.0. The van der Waals surface area contributed by atoms with Crippen LogP contribution in [-0.4, -0.2) is 18.1 Å². The number of hydrogen-bond acceptors (Lipinski definition) is 7. The number of benzene rings is 3. The van der Waals surface area contributed by atoms with Crippen LogP contribution in [0.3, 0.4) is 0 Å². The highest BCUT2D eigenvalue weighted by molar-refractivity contribution is 7.27. The normalized spacial score (nSPS) is 12.5. The molecule has 3 aromatic heterocycles. The van der Waals surface area contributed by atoms with E-state index in [0.29, 0.717) is 0 Å². The number of amides is 1. The van der Waals surface area contributed by atoms with Gasteiger partial charge in [0.05, 0.1) is 0 Å². The van der Waals surface area contributed by atoms with Gasteiger partial charge in [-0.2, -0.15) is 0 Å². The van der Waals surface area contributed by atoms with Gasteiger partial charge in [0, 0.05) is 45.2 Å². The molecule has 0 saturated carbocycles. The molecule has 6 aromatic rings. The topological polar surface area (TPSA) is 64.6 Å². The second-order valence-corrected chi connectivity index (χ2v) is 12.7. The smallest absolute Gasteiger partial charge is 0.408 e. The average Bonchev–Trinajstić information content (AvgIpc) is 3.64. The second-order valence-electron chi connectivity index (χ2n) is 9.47. The van der Waals surface area contributed by atoms with Crippen LogP contribution in [0.5, 0.6) is 0 Å². The molecule has 0 radical (unpaired) electrons. The highest BCUT2D eigenvalue weighted by Gasteiger charge is 2.27. The van der Waals surface area contributed by atoms with Crippen LogP contribution in [0, 0.1) is 5.92 Å². The van der Waals surface area contributed by atoms with E-state index in [1.165, 1.54) is 40.3 Å². The summed E-state index contributed by atoms with van der Waals surface area (Å²) in [5.41, 5.74) is 0.878. The van der Waals surface area contributed by atoms with Crippen LogP contribution < -0.4 is 5.32 Å². The Morgan fingerprint density at radius 3 is 2.26 bits per heavy atom. The van der Waals surface area contributed by atoms with Gasteiger partial charge < -0.3 is 14.8 Å². The number of fused-ring (bicyclic) bond motifs is 7. The zero-order valence-corrected chi connectivity index (χ0v) is 23.3. The van der Waals surface area contributed by atoms with Crippen LogP contribution in [0.25, 0.3) is 40.3 Å². The summed E-state index contributed by atoms with van der Waals surface area (Å²) >= 11 is 5.20. The fourth-order valence-electron chi connectivity index (χ4n) is 4.67. The molecule has 6 rings (SSSR count). The van der Waals surface area contributed by atoms with Gasteiger partial charge in [0.1, 0.15) is 19.3 Å². The molecule has 0 aliphatic rings. The molecule has 3 aromatic carbocycles. The van der Waals surface area contributed by atoms with Crippen molar-refractivity contribution in [1.29, 1.82) is 0 Å². The summed E-state index contributed by atoms with van der Waals surface area (Å²) < 4.78 is 16.0. The van der Waals surface area contributed by atoms with Crippen LogP contribution in [0.1, 0.15) is 24.3 Å². The van der Waals surface area contributed by atoms with Crippen molar-refractivity contribution in [3.8, 4) is 0 Å². The number of hydrogen-bond donors (Lipinski definition) is 1. The summed E-state index contributed by atoms with van der Waals surface area (Å²) in [6.45, 7) is 4.02. The number of thiophene rings is 3. The first-order chi connectivity index (χ1) is 18.5. The molecule has 1 N–H and O–H groups in total. The fraction of sp³-hybridized carbons (Fsp3) is 0.200. The molecule has 38 heavy (non-hydrogen) atoms. The molecule has 1 atom stereocenters. The lowest BCUT2D eigenvalue weighted by atomic mass is 10.1. The molecule has 0 unspecified atom stereocenters. The van der Waals surface area contributed by atoms with Crippen molar-refractivity contribution >= 4 is 86.4 Å². The first-order valence-corrected chi connectivity index (χ1v) is 14.9. The van der Waals surface area contributed by atoms with Crippen molar-refractivity contribution in [2.45, 2.75) is 33.1 Å². The van der Waals surface area contributed by atoms with E-state index in [2.05, 4.69) is 47.1 Å². The summed E-state index contributed by atoms with van der Waals surface area (Å²) in [5.74, 6) is -0.626. The fourth-order valence-corrected chi connectivity index (χ4v) is 7.58. The van der Waals surface area contributed by atoms with Crippen LogP contribution in [0.2, 0.25) is 0 Å². The monoisotopic (exact) mass is 559 g/mol. The number of carbonyl (C=O) groups excluding carboxylic acids is 2. The van der Waals surface area contributed by atoms with E-state index >= 15 is 0 Å². The molecular weight excluding hydrogens is 535 g/mol. The second kappa shape index (κ2) is 10.4. The molecule has 0 aliphatic heterocycles. The average molecular weight is 560 g/mol. The molecule has 0 spiro atoms. The third kappa shape index (κ3) is 4.75. The summed E-state index contributed by atoms with van der Waals surface area (Å²) in [7, 11) is 0. The van der Waals surface area contributed by atoms with Gasteiger partial charge in [0.15, 0.2) is 0 Å². The van der Waals surface area contributed by atoms with Gasteiger partial charge in [-0.15, -0.1) is 34.0 Å². The Balaban J connectivity index is 1.19. The van der Waals surface area contributed by atoms with Gasteiger partial charge >= 0.3 is 12.1 Å². The van der Waals surface area contributed by atoms with Gasteiger partial charge in [0.2, 0.25) is 0 Å². The molecule has 0 bridgehead atoms. The summed E-state index contributed by atoms with van der Waals surface area (Å²) in [5, 5.41) is 9.86. The minimum absolute atomic E-state index is 0.137. The van der Waals surface area contributed by atoms with E-state index in [1.54, 1.807) is 22.7 Å². The largest absolute Gasteiger partial charge is 0.458 e. The molecule has 3 heterocycles. The van der Waals surface area contributed by atoms with Gasteiger partial charge in [-0.1, -0.05) is 44.2 Å². The Kier molecular flexibility index (Phi) is 6.78. The minimum atomic E-state index is -0.799. The SMILES string of the molecule is CC(C)[C@H](NC(=O)OCc1ccccc1)C(=O)OCc1cc2c(ccc3sc4ccc5sccc5c4c32)s1. The van der Waals surface area contributed by atoms with Gasteiger partial charge in [-0.05, 0) is 53.3 Å². The van der Waals surface area contributed by atoms with Crippen molar-refractivity contribution in [3.05, 3.63) is 82.6 Å². The Hall–Kier alpha value is -3.46. The van der Waals surface area contributed by atoms with Crippen LogP contribution in [-0.2, 0) is 27.5 Å². The third-order valence-corrected chi connectivity index (χ3v) is 9.62. The standard InChI is InChI=1S/C30H25NO4S3/c1-17(2)28(31-30(33)35-15-18-6-4-3-5-7-18)29(32)34-16-19-14-21-23(37-19)9-11-25-27(21)26-20-12-13-36-22(20)8-10-24(26)38-25/h3-14,17,28H,15-16H2,1-2H3,(H,31,33)/t28-/m0/s1. The maximum atomic E-state index is 13.0. The first kappa shape index (κ1) is 24.9. The Labute approximate surface area is 231 Å². The molecule has 0 fully saturated rings. The Morgan fingerprint density at radius 1 is 0.789 bits per heavy atom. The summed E-state index contributed by atoms with van der Waals surface area (Å²) in [6.07, 6.45) is -0.641. The van der Waals surface area contributed by atoms with Crippen molar-refractivity contribution in [1.82, 2.24) is 5.32 Å². The minimum Gasteiger partial charge on any atom is -0.458 e. The molecule has 192 valence electrons. The summed E-state index contributed by atoms with van der Waals surface area (Å²) in [4.78, 5) is 26.3. The van der Waals surface area contributed by atoms with Crippen LogP contribution in [0.15, 0.2) is 72.1 Å². The van der Waals surface area contributed by atoms with Crippen LogP contribution in [0.4, 0.5) is 4.79 Å². The number of alkyl carbamates (subject to hydrolysis) is 1. The lowest BCUT2D eigenvalue weighted by Gasteiger charge is -2.20. The van der Waals surface area contributed by atoms with E-state index < -0.39 is 18.1 Å². The van der Waals surface area contributed by atoms with Gasteiger partial charge in [0.25, 0.3) is 0 Å². The molecule has 0 aliphatic carbocycles. The Morgan fingerprint density at radius 2 is 1.50 bits per heavy atom. The van der Waals surface area contributed by atoms with Crippen molar-refractivity contribution in [3.63, 3.8) is 0 Å². The van der Waals surface area contributed by atoms with Gasteiger partial charge in [-0.3, -0.25) is 0 Å². The van der Waals surface area contributed by atoms with E-state index in [0.717, 1.165) is 10.4 Å². The zero-order valence-electron chi connectivity index (χ0n) is 20.9. The van der Waals surface area contributed by atoms with Crippen molar-refractivity contribution < 1.29 is 19.1 Å². The molecule has 1 amide bonds. The van der Waals surface area contributed by atoms with E-state index in [-0.39, 0.29) is 19.1 Å². The Bertz CT molecular complexity index is 1780. The molecule has 0 saturated heterocycles. The number of ether oxygens (including phenoxy) is 2. The lowest BCUT2D eigenvalue weighted by molar-refractivity contribution is -0.148. The summed E-state index contributed by atoms with van der Waals surface area (Å²) in [6, 6.07) is 21.7. The zero-order chi connectivity index (χ0) is 26.2. The molecular formula is C30H25NO4S3. The third-order valence-electron chi connectivity index (χ3n) is 6.54. The van der Waals surface area contributed by atoms with Gasteiger partial charge in [-0.25, -0.2) is 9.59 Å². The van der Waals surface area contributed by atoms with Crippen molar-refractivity contribution in [2.24, 2.45) is 5.92 Å². The highest BCUT2D eigenvalue weighted by Crippen LogP contribution is 2.44. The van der Waals surface area contributed by atoms with Crippen molar-refractivity contribution in [2.75, 3.05) is 0 Å². The lowest BCUT2D eigenvalue weighted by Crippen LogP contribution is -2.45. The van der Waals surface area contributed by atoms with E-state index in [1.807, 2.05) is 55.5 Å². The number of esters is 1. The maximum Gasteiger partial charge on any atom is 0.408 e. The highest BCUT2D eigenvalue weighted by atomic mass is 32.1. The van der Waals surface area contributed by atoms with Crippen LogP contribution >= 0.6 is 34.0 Å². The number of carbonyl (C=O) groups is 2. The quantitative estimate of drug-likeness (QED) is 0.199.